The van der Waals surface area contributed by atoms with Crippen LogP contribution in [0.5, 0.6) is 0 Å². The summed E-state index contributed by atoms with van der Waals surface area (Å²) >= 11 is 0. The third-order valence-corrected chi connectivity index (χ3v) is 3.54. The number of rotatable bonds is 6. The first-order valence-electron chi connectivity index (χ1n) is 7.29. The zero-order chi connectivity index (χ0) is 15.2. The van der Waals surface area contributed by atoms with E-state index >= 15 is 0 Å². The maximum Gasteiger partial charge on any atom is 0.273 e. The number of amides is 1. The third kappa shape index (κ3) is 3.62. The average molecular weight is 286 g/mol. The lowest BCUT2D eigenvalue weighted by atomic mass is 10.0. The maximum absolute atomic E-state index is 12.1. The Bertz CT molecular complexity index is 592. The van der Waals surface area contributed by atoms with Crippen molar-refractivity contribution < 1.29 is 4.79 Å². The molecule has 1 atom stereocenters. The van der Waals surface area contributed by atoms with Crippen LogP contribution in [0.4, 0.5) is 5.69 Å². The molecule has 0 fully saturated rings. The molecule has 2 aromatic rings. The Labute approximate surface area is 124 Å². The van der Waals surface area contributed by atoms with E-state index in [0.717, 1.165) is 18.5 Å². The summed E-state index contributed by atoms with van der Waals surface area (Å²) < 4.78 is 0. The number of benzene rings is 1. The molecule has 5 nitrogen and oxygen atoms in total. The molecule has 0 aliphatic rings. The molecule has 0 saturated heterocycles. The smallest absolute Gasteiger partial charge is 0.273 e. The van der Waals surface area contributed by atoms with E-state index in [-0.39, 0.29) is 11.8 Å². The van der Waals surface area contributed by atoms with Gasteiger partial charge in [-0.15, -0.1) is 0 Å². The molecule has 112 valence electrons. The van der Waals surface area contributed by atoms with Gasteiger partial charge in [-0.25, -0.2) is 0 Å². The van der Waals surface area contributed by atoms with Crippen LogP contribution in [0.2, 0.25) is 0 Å². The molecule has 0 aliphatic carbocycles. The lowest BCUT2D eigenvalue weighted by Gasteiger charge is -2.12. The summed E-state index contributed by atoms with van der Waals surface area (Å²) in [5.74, 6) is 0.0133. The van der Waals surface area contributed by atoms with Gasteiger partial charge < -0.3 is 11.1 Å². The number of hydrogen-bond acceptors (Lipinski definition) is 3. The SMILES string of the molecule is CCCc1[nH]nc(C(=O)NCC(C)c2ccccc2)c1N. The summed E-state index contributed by atoms with van der Waals surface area (Å²) in [7, 11) is 0. The normalized spacial score (nSPS) is 12.1. The predicted octanol–water partition coefficient (Wildman–Crippen LogP) is 2.48. The van der Waals surface area contributed by atoms with Crippen LogP contribution in [-0.4, -0.2) is 22.6 Å². The van der Waals surface area contributed by atoms with E-state index < -0.39 is 0 Å². The van der Waals surface area contributed by atoms with Gasteiger partial charge in [0, 0.05) is 6.54 Å². The van der Waals surface area contributed by atoms with Gasteiger partial charge in [0.1, 0.15) is 0 Å². The van der Waals surface area contributed by atoms with E-state index in [1.165, 1.54) is 5.56 Å². The molecule has 21 heavy (non-hydrogen) atoms. The van der Waals surface area contributed by atoms with E-state index in [1.54, 1.807) is 0 Å². The number of aromatic nitrogens is 2. The highest BCUT2D eigenvalue weighted by Crippen LogP contribution is 2.17. The van der Waals surface area contributed by atoms with Crippen molar-refractivity contribution in [3.05, 3.63) is 47.3 Å². The van der Waals surface area contributed by atoms with Crippen LogP contribution in [0.15, 0.2) is 30.3 Å². The number of carbonyl (C=O) groups is 1. The van der Waals surface area contributed by atoms with Gasteiger partial charge in [-0.1, -0.05) is 50.6 Å². The molecular weight excluding hydrogens is 264 g/mol. The number of aromatic amines is 1. The van der Waals surface area contributed by atoms with Gasteiger partial charge >= 0.3 is 0 Å². The van der Waals surface area contributed by atoms with Crippen LogP contribution >= 0.6 is 0 Å². The number of nitrogens with zero attached hydrogens (tertiary/aromatic N) is 1. The van der Waals surface area contributed by atoms with Crippen LogP contribution in [0.3, 0.4) is 0 Å². The fraction of sp³-hybridized carbons (Fsp3) is 0.375. The largest absolute Gasteiger partial charge is 0.395 e. The topological polar surface area (TPSA) is 83.8 Å². The second-order valence-corrected chi connectivity index (χ2v) is 5.24. The van der Waals surface area contributed by atoms with Crippen molar-refractivity contribution in [2.24, 2.45) is 0 Å². The number of nitrogens with one attached hydrogen (secondary N) is 2. The highest BCUT2D eigenvalue weighted by molar-refractivity contribution is 5.97. The highest BCUT2D eigenvalue weighted by atomic mass is 16.1. The molecule has 1 aromatic carbocycles. The Morgan fingerprint density at radius 3 is 2.76 bits per heavy atom. The summed E-state index contributed by atoms with van der Waals surface area (Å²) in [5, 5.41) is 9.75. The zero-order valence-corrected chi connectivity index (χ0v) is 12.5. The number of nitrogen functional groups attached to an aromatic ring is 1. The molecule has 0 aliphatic heterocycles. The minimum atomic E-state index is -0.228. The first kappa shape index (κ1) is 15.1. The third-order valence-electron chi connectivity index (χ3n) is 3.54. The average Bonchev–Trinajstić information content (AvgIpc) is 2.87. The number of hydrogen-bond donors (Lipinski definition) is 3. The second kappa shape index (κ2) is 6.92. The summed E-state index contributed by atoms with van der Waals surface area (Å²) in [4.78, 5) is 12.1. The van der Waals surface area contributed by atoms with Gasteiger partial charge in [0.05, 0.1) is 11.4 Å². The highest BCUT2D eigenvalue weighted by Gasteiger charge is 2.17. The maximum atomic E-state index is 12.1. The quantitative estimate of drug-likeness (QED) is 0.762. The summed E-state index contributed by atoms with van der Waals surface area (Å²) in [6, 6.07) is 10.1. The molecule has 2 rings (SSSR count). The molecule has 0 bridgehead atoms. The minimum absolute atomic E-state index is 0.228. The van der Waals surface area contributed by atoms with E-state index in [0.29, 0.717) is 17.9 Å². The number of carbonyl (C=O) groups excluding carboxylic acids is 1. The van der Waals surface area contributed by atoms with Gasteiger partial charge in [0.2, 0.25) is 0 Å². The van der Waals surface area contributed by atoms with Crippen molar-refractivity contribution >= 4 is 11.6 Å². The molecule has 1 aromatic heterocycles. The van der Waals surface area contributed by atoms with Crippen LogP contribution in [0.1, 0.15) is 47.9 Å². The van der Waals surface area contributed by atoms with Gasteiger partial charge in [-0.3, -0.25) is 9.89 Å². The van der Waals surface area contributed by atoms with E-state index in [4.69, 9.17) is 5.73 Å². The standard InChI is InChI=1S/C16H22N4O/c1-3-7-13-14(17)15(20-19-13)16(21)18-10-11(2)12-8-5-4-6-9-12/h4-6,8-9,11H,3,7,10,17H2,1-2H3,(H,18,21)(H,19,20). The molecule has 1 amide bonds. The second-order valence-electron chi connectivity index (χ2n) is 5.24. The van der Waals surface area contributed by atoms with Crippen molar-refractivity contribution in [1.82, 2.24) is 15.5 Å². The number of aryl methyl sites for hydroxylation is 1. The Hall–Kier alpha value is -2.30. The lowest BCUT2D eigenvalue weighted by Crippen LogP contribution is -2.28. The van der Waals surface area contributed by atoms with Crippen molar-refractivity contribution in [3.63, 3.8) is 0 Å². The molecule has 0 radical (unpaired) electrons. The van der Waals surface area contributed by atoms with Crippen molar-refractivity contribution in [2.75, 3.05) is 12.3 Å². The fourth-order valence-corrected chi connectivity index (χ4v) is 2.23. The van der Waals surface area contributed by atoms with Crippen LogP contribution in [-0.2, 0) is 6.42 Å². The zero-order valence-electron chi connectivity index (χ0n) is 12.5. The molecule has 1 heterocycles. The van der Waals surface area contributed by atoms with Gasteiger partial charge in [0.15, 0.2) is 5.69 Å². The lowest BCUT2D eigenvalue weighted by molar-refractivity contribution is 0.0947. The summed E-state index contributed by atoms with van der Waals surface area (Å²) in [5.41, 5.74) is 8.73. The van der Waals surface area contributed by atoms with Crippen molar-refractivity contribution in [2.45, 2.75) is 32.6 Å². The molecule has 4 N–H and O–H groups in total. The van der Waals surface area contributed by atoms with Crippen LogP contribution < -0.4 is 11.1 Å². The Kier molecular flexibility index (Phi) is 4.98. The first-order chi connectivity index (χ1) is 10.1. The van der Waals surface area contributed by atoms with Crippen LogP contribution in [0, 0.1) is 0 Å². The van der Waals surface area contributed by atoms with Gasteiger partial charge in [-0.05, 0) is 17.9 Å². The Morgan fingerprint density at radius 2 is 2.10 bits per heavy atom. The van der Waals surface area contributed by atoms with E-state index in [9.17, 15) is 4.79 Å². The summed E-state index contributed by atoms with van der Waals surface area (Å²) in [6.45, 7) is 4.69. The van der Waals surface area contributed by atoms with Crippen LogP contribution in [0.25, 0.3) is 0 Å². The predicted molar refractivity (Wildman–Crippen MR) is 84.2 cm³/mol. The number of nitrogens with two attached hydrogens (primary N) is 1. The molecular formula is C16H22N4O. The van der Waals surface area contributed by atoms with E-state index in [1.807, 2.05) is 18.2 Å². The number of H-pyrrole nitrogens is 1. The molecule has 5 heteroatoms. The molecule has 0 saturated carbocycles. The van der Waals surface area contributed by atoms with Crippen molar-refractivity contribution in [3.8, 4) is 0 Å². The van der Waals surface area contributed by atoms with Gasteiger partial charge in [0.25, 0.3) is 5.91 Å². The molecule has 0 spiro atoms. The Morgan fingerprint density at radius 1 is 1.38 bits per heavy atom. The Balaban J connectivity index is 1.96. The first-order valence-corrected chi connectivity index (χ1v) is 7.29. The van der Waals surface area contributed by atoms with Gasteiger partial charge in [-0.2, -0.15) is 5.10 Å². The number of anilines is 1. The fourth-order valence-electron chi connectivity index (χ4n) is 2.23. The molecule has 1 unspecified atom stereocenters. The monoisotopic (exact) mass is 286 g/mol. The summed E-state index contributed by atoms with van der Waals surface area (Å²) in [6.07, 6.45) is 1.75. The van der Waals surface area contributed by atoms with Crippen molar-refractivity contribution in [1.29, 1.82) is 0 Å². The van der Waals surface area contributed by atoms with E-state index in [2.05, 4.69) is 41.5 Å². The minimum Gasteiger partial charge on any atom is -0.395 e.